The molecule has 0 N–H and O–H groups in total. The number of esters is 1. The van der Waals surface area contributed by atoms with Crippen molar-refractivity contribution in [2.45, 2.75) is 4.90 Å². The van der Waals surface area contributed by atoms with E-state index < -0.39 is 0 Å². The molecule has 90 valence electrons. The van der Waals surface area contributed by atoms with Crippen LogP contribution in [-0.2, 0) is 9.53 Å². The van der Waals surface area contributed by atoms with Gasteiger partial charge in [-0.25, -0.2) is 0 Å². The van der Waals surface area contributed by atoms with E-state index in [1.165, 1.54) is 18.9 Å². The smallest absolute Gasteiger partial charge is 0.315 e. The molecule has 4 nitrogen and oxygen atoms in total. The molecule has 0 aliphatic rings. The number of rotatable bonds is 4. The standard InChI is InChI=1S/C12H14N2O2S/c1-14(2)10-5-4-6-11(9(10)7-13)17-8-12(15)16-3/h4-6H,8H2,1-3H3. The lowest BCUT2D eigenvalue weighted by molar-refractivity contribution is -0.137. The number of anilines is 1. The van der Waals surface area contributed by atoms with Crippen LogP contribution in [-0.4, -0.2) is 32.9 Å². The Morgan fingerprint density at radius 2 is 2.24 bits per heavy atom. The number of carbonyl (C=O) groups excluding carboxylic acids is 1. The van der Waals surface area contributed by atoms with Crippen LogP contribution in [0.5, 0.6) is 0 Å². The Balaban J connectivity index is 2.96. The third-order valence-corrected chi connectivity index (χ3v) is 3.20. The first-order chi connectivity index (χ1) is 8.10. The van der Waals surface area contributed by atoms with Gasteiger partial charge in [0.1, 0.15) is 6.07 Å². The molecule has 0 saturated carbocycles. The molecule has 0 radical (unpaired) electrons. The van der Waals surface area contributed by atoms with Crippen LogP contribution in [0.2, 0.25) is 0 Å². The van der Waals surface area contributed by atoms with Crippen molar-refractivity contribution in [3.63, 3.8) is 0 Å². The van der Waals surface area contributed by atoms with Crippen molar-refractivity contribution in [2.24, 2.45) is 0 Å². The summed E-state index contributed by atoms with van der Waals surface area (Å²) in [5.74, 6) is -0.0867. The van der Waals surface area contributed by atoms with Crippen molar-refractivity contribution in [2.75, 3.05) is 31.9 Å². The zero-order valence-corrected chi connectivity index (χ0v) is 10.9. The summed E-state index contributed by atoms with van der Waals surface area (Å²) in [7, 11) is 5.11. The summed E-state index contributed by atoms with van der Waals surface area (Å²) in [6.45, 7) is 0. The van der Waals surface area contributed by atoms with Gasteiger partial charge in [0.05, 0.1) is 24.1 Å². The van der Waals surface area contributed by atoms with E-state index in [2.05, 4.69) is 10.8 Å². The Morgan fingerprint density at radius 3 is 2.76 bits per heavy atom. The molecule has 0 amide bonds. The number of nitriles is 1. The Morgan fingerprint density at radius 1 is 1.53 bits per heavy atom. The number of thioether (sulfide) groups is 1. The summed E-state index contributed by atoms with van der Waals surface area (Å²) < 4.78 is 4.57. The van der Waals surface area contributed by atoms with E-state index >= 15 is 0 Å². The highest BCUT2D eigenvalue weighted by Crippen LogP contribution is 2.29. The van der Waals surface area contributed by atoms with E-state index in [0.29, 0.717) is 5.56 Å². The first-order valence-corrected chi connectivity index (χ1v) is 5.98. The number of hydrogen-bond acceptors (Lipinski definition) is 5. The Bertz CT molecular complexity index is 452. The third kappa shape index (κ3) is 3.40. The molecule has 0 unspecified atom stereocenters. The van der Waals surface area contributed by atoms with Crippen molar-refractivity contribution >= 4 is 23.4 Å². The monoisotopic (exact) mass is 250 g/mol. The lowest BCUT2D eigenvalue weighted by Crippen LogP contribution is -2.11. The predicted octanol–water partition coefficient (Wildman–Crippen LogP) is 1.89. The molecule has 0 heterocycles. The van der Waals surface area contributed by atoms with Gasteiger partial charge < -0.3 is 9.64 Å². The van der Waals surface area contributed by atoms with Gasteiger partial charge in [-0.15, -0.1) is 11.8 Å². The summed E-state index contributed by atoms with van der Waals surface area (Å²) in [6, 6.07) is 7.75. The van der Waals surface area contributed by atoms with Crippen molar-refractivity contribution in [1.82, 2.24) is 0 Å². The fraction of sp³-hybridized carbons (Fsp3) is 0.333. The molecule has 5 heteroatoms. The van der Waals surface area contributed by atoms with Crippen LogP contribution >= 0.6 is 11.8 Å². The number of hydrogen-bond donors (Lipinski definition) is 0. The second kappa shape index (κ2) is 6.16. The quantitative estimate of drug-likeness (QED) is 0.603. The first-order valence-electron chi connectivity index (χ1n) is 5.00. The summed E-state index contributed by atoms with van der Waals surface area (Å²) in [6.07, 6.45) is 0. The summed E-state index contributed by atoms with van der Waals surface area (Å²) in [5.41, 5.74) is 1.44. The van der Waals surface area contributed by atoms with Gasteiger partial charge in [-0.1, -0.05) is 6.07 Å². The van der Waals surface area contributed by atoms with Crippen LogP contribution < -0.4 is 4.90 Å². The van der Waals surface area contributed by atoms with E-state index in [4.69, 9.17) is 5.26 Å². The number of carbonyl (C=O) groups is 1. The van der Waals surface area contributed by atoms with E-state index in [1.54, 1.807) is 0 Å². The fourth-order valence-corrected chi connectivity index (χ4v) is 2.18. The maximum absolute atomic E-state index is 11.1. The topological polar surface area (TPSA) is 53.3 Å². The SMILES string of the molecule is COC(=O)CSc1cccc(N(C)C)c1C#N. The van der Waals surface area contributed by atoms with Gasteiger partial charge in [-0.3, -0.25) is 4.79 Å². The van der Waals surface area contributed by atoms with Crippen molar-refractivity contribution in [3.8, 4) is 6.07 Å². The minimum Gasteiger partial charge on any atom is -0.468 e. The molecule has 1 aromatic rings. The second-order valence-corrected chi connectivity index (χ2v) is 4.54. The number of methoxy groups -OCH3 is 1. The first kappa shape index (κ1) is 13.4. The largest absolute Gasteiger partial charge is 0.468 e. The molecule has 17 heavy (non-hydrogen) atoms. The lowest BCUT2D eigenvalue weighted by Gasteiger charge is -2.15. The van der Waals surface area contributed by atoms with Gasteiger partial charge >= 0.3 is 5.97 Å². The van der Waals surface area contributed by atoms with Gasteiger partial charge in [-0.05, 0) is 12.1 Å². The summed E-state index contributed by atoms with van der Waals surface area (Å²) in [5, 5.41) is 9.16. The molecule has 0 aliphatic carbocycles. The number of benzene rings is 1. The Labute approximate surface area is 105 Å². The van der Waals surface area contributed by atoms with Crippen LogP contribution in [0.15, 0.2) is 23.1 Å². The molecule has 1 aromatic carbocycles. The molecular weight excluding hydrogens is 236 g/mol. The number of ether oxygens (including phenoxy) is 1. The minimum atomic E-state index is -0.297. The van der Waals surface area contributed by atoms with Crippen LogP contribution in [0.3, 0.4) is 0 Å². The average Bonchev–Trinajstić information content (AvgIpc) is 2.34. The summed E-state index contributed by atoms with van der Waals surface area (Å²) in [4.78, 5) is 13.7. The molecule has 0 spiro atoms. The van der Waals surface area contributed by atoms with Crippen LogP contribution in [0, 0.1) is 11.3 Å². The minimum absolute atomic E-state index is 0.210. The predicted molar refractivity (Wildman–Crippen MR) is 68.2 cm³/mol. The second-order valence-electron chi connectivity index (χ2n) is 3.52. The molecular formula is C12H14N2O2S. The zero-order valence-electron chi connectivity index (χ0n) is 10.1. The Kier molecular flexibility index (Phi) is 4.85. The van der Waals surface area contributed by atoms with Crippen LogP contribution in [0.4, 0.5) is 5.69 Å². The summed E-state index contributed by atoms with van der Waals surface area (Å²) >= 11 is 1.31. The van der Waals surface area contributed by atoms with E-state index in [0.717, 1.165) is 10.6 Å². The molecule has 0 saturated heterocycles. The lowest BCUT2D eigenvalue weighted by atomic mass is 10.2. The van der Waals surface area contributed by atoms with Gasteiger partial charge in [0.15, 0.2) is 0 Å². The van der Waals surface area contributed by atoms with Crippen molar-refractivity contribution in [3.05, 3.63) is 23.8 Å². The van der Waals surface area contributed by atoms with E-state index in [9.17, 15) is 4.79 Å². The van der Waals surface area contributed by atoms with Crippen molar-refractivity contribution in [1.29, 1.82) is 5.26 Å². The molecule has 1 rings (SSSR count). The third-order valence-electron chi connectivity index (χ3n) is 2.17. The van der Waals surface area contributed by atoms with Crippen LogP contribution in [0.25, 0.3) is 0 Å². The molecule has 0 fully saturated rings. The van der Waals surface area contributed by atoms with Gasteiger partial charge in [0.2, 0.25) is 0 Å². The molecule has 0 bridgehead atoms. The molecule has 0 aliphatic heterocycles. The maximum atomic E-state index is 11.1. The Hall–Kier alpha value is -1.67. The van der Waals surface area contributed by atoms with Gasteiger partial charge in [-0.2, -0.15) is 5.26 Å². The van der Waals surface area contributed by atoms with Crippen molar-refractivity contribution < 1.29 is 9.53 Å². The highest BCUT2D eigenvalue weighted by molar-refractivity contribution is 8.00. The number of nitrogens with zero attached hydrogens (tertiary/aromatic N) is 2. The van der Waals surface area contributed by atoms with Gasteiger partial charge in [0, 0.05) is 19.0 Å². The molecule has 0 aromatic heterocycles. The molecule has 0 atom stereocenters. The van der Waals surface area contributed by atoms with E-state index in [-0.39, 0.29) is 11.7 Å². The highest BCUT2D eigenvalue weighted by Gasteiger charge is 2.11. The van der Waals surface area contributed by atoms with E-state index in [1.807, 2.05) is 37.2 Å². The normalized spacial score (nSPS) is 9.53. The highest BCUT2D eigenvalue weighted by atomic mass is 32.2. The fourth-order valence-electron chi connectivity index (χ4n) is 1.32. The average molecular weight is 250 g/mol. The maximum Gasteiger partial charge on any atom is 0.315 e. The van der Waals surface area contributed by atoms with Crippen LogP contribution in [0.1, 0.15) is 5.56 Å². The zero-order chi connectivity index (χ0) is 12.8. The van der Waals surface area contributed by atoms with Gasteiger partial charge in [0.25, 0.3) is 0 Å².